The number of unbranched alkanes of at least 4 members (excludes halogenated alkanes) is 1. The second-order valence-electron chi connectivity index (χ2n) is 7.33. The molecule has 2 heterocycles. The molecule has 32 heavy (non-hydrogen) atoms. The molecule has 0 aliphatic carbocycles. The van der Waals surface area contributed by atoms with Gasteiger partial charge in [-0.1, -0.05) is 31.7 Å². The van der Waals surface area contributed by atoms with Crippen molar-refractivity contribution in [1.29, 1.82) is 0 Å². The second kappa shape index (κ2) is 12.3. The topological polar surface area (TPSA) is 93.2 Å². The first-order chi connectivity index (χ1) is 15.7. The van der Waals surface area contributed by atoms with Crippen LogP contribution in [-0.4, -0.2) is 48.0 Å². The number of aromatic nitrogens is 3. The maximum absolute atomic E-state index is 5.51. The first-order valence-electron chi connectivity index (χ1n) is 10.8. The van der Waals surface area contributed by atoms with Crippen LogP contribution >= 0.6 is 11.9 Å². The van der Waals surface area contributed by atoms with Gasteiger partial charge in [-0.25, -0.2) is 4.98 Å². The van der Waals surface area contributed by atoms with Gasteiger partial charge in [-0.15, -0.1) is 0 Å². The molecule has 172 valence electrons. The molecule has 0 saturated carbocycles. The van der Waals surface area contributed by atoms with Crippen LogP contribution in [0.15, 0.2) is 36.5 Å². The highest BCUT2D eigenvalue weighted by molar-refractivity contribution is 7.96. The van der Waals surface area contributed by atoms with Gasteiger partial charge in [0.1, 0.15) is 17.0 Å². The van der Waals surface area contributed by atoms with Crippen LogP contribution in [0.3, 0.4) is 0 Å². The van der Waals surface area contributed by atoms with E-state index in [2.05, 4.69) is 32.2 Å². The molecule has 0 spiro atoms. The van der Waals surface area contributed by atoms with Crippen LogP contribution in [0.5, 0.6) is 11.5 Å². The van der Waals surface area contributed by atoms with Crippen molar-refractivity contribution in [2.45, 2.75) is 38.8 Å². The number of nitrogens with one attached hydrogen (secondary N) is 3. The normalized spacial score (nSPS) is 11.9. The molecule has 0 aliphatic heterocycles. The average molecular weight is 457 g/mol. The van der Waals surface area contributed by atoms with Crippen molar-refractivity contribution in [2.24, 2.45) is 0 Å². The van der Waals surface area contributed by atoms with Crippen molar-refractivity contribution in [2.75, 3.05) is 37.7 Å². The Morgan fingerprint density at radius 2 is 2.00 bits per heavy atom. The number of hydrogen-bond donors (Lipinski definition) is 3. The SMILES string of the molecule is CCCC[C@H](CNSC)Nc1nc(NCc2ccc(OC)cc2OC)nc2cccnc12. The van der Waals surface area contributed by atoms with Crippen molar-refractivity contribution < 1.29 is 9.47 Å². The Labute approximate surface area is 194 Å². The predicted octanol–water partition coefficient (Wildman–Crippen LogP) is 4.49. The molecule has 3 N–H and O–H groups in total. The van der Waals surface area contributed by atoms with E-state index in [9.17, 15) is 0 Å². The molecular weight excluding hydrogens is 424 g/mol. The van der Waals surface area contributed by atoms with Crippen molar-refractivity contribution in [3.8, 4) is 11.5 Å². The molecule has 0 amide bonds. The van der Waals surface area contributed by atoms with Crippen molar-refractivity contribution in [3.63, 3.8) is 0 Å². The Hall–Kier alpha value is -2.78. The third kappa shape index (κ3) is 6.37. The zero-order valence-corrected chi connectivity index (χ0v) is 20.0. The third-order valence-electron chi connectivity index (χ3n) is 5.11. The lowest BCUT2D eigenvalue weighted by Crippen LogP contribution is -2.30. The van der Waals surface area contributed by atoms with E-state index in [0.29, 0.717) is 12.5 Å². The van der Waals surface area contributed by atoms with E-state index in [-0.39, 0.29) is 6.04 Å². The Kier molecular flexibility index (Phi) is 9.18. The summed E-state index contributed by atoms with van der Waals surface area (Å²) >= 11 is 1.62. The van der Waals surface area contributed by atoms with Crippen molar-refractivity contribution >= 4 is 34.7 Å². The van der Waals surface area contributed by atoms with E-state index >= 15 is 0 Å². The smallest absolute Gasteiger partial charge is 0.225 e. The summed E-state index contributed by atoms with van der Waals surface area (Å²) in [5.74, 6) is 2.78. The van der Waals surface area contributed by atoms with E-state index in [0.717, 1.165) is 59.7 Å². The van der Waals surface area contributed by atoms with Gasteiger partial charge in [-0.05, 0) is 36.9 Å². The standard InChI is InChI=1S/C23H32N6O2S/c1-5-6-8-17(15-26-32-4)27-22-21-19(9-7-12-24-21)28-23(29-22)25-14-16-10-11-18(30-2)13-20(16)31-3/h7,9-13,17,26H,5-6,8,14-15H2,1-4H3,(H2,25,27,28,29)/t17-/m1/s1. The van der Waals surface area contributed by atoms with Crippen molar-refractivity contribution in [1.82, 2.24) is 19.7 Å². The minimum absolute atomic E-state index is 0.247. The van der Waals surface area contributed by atoms with Crippen LogP contribution in [-0.2, 0) is 6.54 Å². The van der Waals surface area contributed by atoms with E-state index in [4.69, 9.17) is 14.5 Å². The minimum atomic E-state index is 0.247. The third-order valence-corrected chi connectivity index (χ3v) is 5.56. The molecule has 1 aromatic carbocycles. The first kappa shape index (κ1) is 23.9. The molecular formula is C23H32N6O2S. The fourth-order valence-corrected chi connectivity index (χ4v) is 3.74. The molecule has 9 heteroatoms. The number of rotatable bonds is 13. The summed E-state index contributed by atoms with van der Waals surface area (Å²) in [6.45, 7) is 3.56. The molecule has 3 rings (SSSR count). The van der Waals surface area contributed by atoms with Gasteiger partial charge in [0.2, 0.25) is 5.95 Å². The summed E-state index contributed by atoms with van der Waals surface area (Å²) in [5, 5.41) is 6.93. The van der Waals surface area contributed by atoms with Crippen LogP contribution in [0.2, 0.25) is 0 Å². The van der Waals surface area contributed by atoms with Crippen molar-refractivity contribution in [3.05, 3.63) is 42.1 Å². The highest BCUT2D eigenvalue weighted by atomic mass is 32.2. The fraction of sp³-hybridized carbons (Fsp3) is 0.435. The summed E-state index contributed by atoms with van der Waals surface area (Å²) in [4.78, 5) is 14.0. The molecule has 2 aromatic heterocycles. The van der Waals surface area contributed by atoms with Gasteiger partial charge in [0.15, 0.2) is 5.82 Å². The summed E-state index contributed by atoms with van der Waals surface area (Å²) in [6.07, 6.45) is 7.15. The first-order valence-corrected chi connectivity index (χ1v) is 12.0. The zero-order chi connectivity index (χ0) is 22.8. The number of nitrogens with zero attached hydrogens (tertiary/aromatic N) is 3. The maximum Gasteiger partial charge on any atom is 0.225 e. The molecule has 8 nitrogen and oxygen atoms in total. The van der Waals surface area contributed by atoms with Gasteiger partial charge in [-0.3, -0.25) is 9.71 Å². The van der Waals surface area contributed by atoms with Gasteiger partial charge in [0, 0.05) is 37.0 Å². The predicted molar refractivity (Wildman–Crippen MR) is 133 cm³/mol. The summed E-state index contributed by atoms with van der Waals surface area (Å²) < 4.78 is 14.1. The largest absolute Gasteiger partial charge is 0.497 e. The number of pyridine rings is 1. The monoisotopic (exact) mass is 456 g/mol. The Morgan fingerprint density at radius 3 is 2.75 bits per heavy atom. The van der Waals surface area contributed by atoms with E-state index in [1.807, 2.05) is 36.6 Å². The molecule has 0 aliphatic rings. The Morgan fingerprint density at radius 1 is 1.12 bits per heavy atom. The van der Waals surface area contributed by atoms with Crippen LogP contribution in [0.4, 0.5) is 11.8 Å². The lowest BCUT2D eigenvalue weighted by atomic mass is 10.1. The van der Waals surface area contributed by atoms with Crippen LogP contribution in [0.25, 0.3) is 11.0 Å². The lowest BCUT2D eigenvalue weighted by molar-refractivity contribution is 0.391. The van der Waals surface area contributed by atoms with E-state index < -0.39 is 0 Å². The van der Waals surface area contributed by atoms with Gasteiger partial charge >= 0.3 is 0 Å². The van der Waals surface area contributed by atoms with Gasteiger partial charge in [0.05, 0.1) is 19.7 Å². The molecule has 3 aromatic rings. The summed E-state index contributed by atoms with van der Waals surface area (Å²) in [5.41, 5.74) is 2.55. The number of fused-ring (bicyclic) bond motifs is 1. The Bertz CT molecular complexity index is 995. The molecule has 0 bridgehead atoms. The minimum Gasteiger partial charge on any atom is -0.497 e. The van der Waals surface area contributed by atoms with Crippen LogP contribution < -0.4 is 24.8 Å². The van der Waals surface area contributed by atoms with Gasteiger partial charge in [0.25, 0.3) is 0 Å². The quantitative estimate of drug-likeness (QED) is 0.322. The van der Waals surface area contributed by atoms with Crippen LogP contribution in [0.1, 0.15) is 31.7 Å². The highest BCUT2D eigenvalue weighted by Gasteiger charge is 2.14. The molecule has 0 unspecified atom stereocenters. The number of benzene rings is 1. The maximum atomic E-state index is 5.51. The van der Waals surface area contributed by atoms with E-state index in [1.54, 1.807) is 32.4 Å². The number of anilines is 2. The number of methoxy groups -OCH3 is 2. The zero-order valence-electron chi connectivity index (χ0n) is 19.1. The second-order valence-corrected chi connectivity index (χ2v) is 8.03. The fourth-order valence-electron chi connectivity index (χ4n) is 3.37. The molecule has 0 radical (unpaired) electrons. The Balaban J connectivity index is 1.84. The molecule has 1 atom stereocenters. The number of ether oxygens (including phenoxy) is 2. The number of hydrogen-bond acceptors (Lipinski definition) is 9. The van der Waals surface area contributed by atoms with Gasteiger partial charge < -0.3 is 20.1 Å². The average Bonchev–Trinajstić information content (AvgIpc) is 2.84. The molecule has 0 fully saturated rings. The summed E-state index contributed by atoms with van der Waals surface area (Å²) in [7, 11) is 3.29. The molecule has 0 saturated heterocycles. The van der Waals surface area contributed by atoms with Crippen LogP contribution in [0, 0.1) is 0 Å². The summed E-state index contributed by atoms with van der Waals surface area (Å²) in [6, 6.07) is 9.84. The highest BCUT2D eigenvalue weighted by Crippen LogP contribution is 2.26. The lowest BCUT2D eigenvalue weighted by Gasteiger charge is -2.20. The van der Waals surface area contributed by atoms with E-state index in [1.165, 1.54) is 0 Å². The van der Waals surface area contributed by atoms with Gasteiger partial charge in [-0.2, -0.15) is 4.98 Å².